The Labute approximate surface area is 119 Å². The second kappa shape index (κ2) is 6.43. The average molecular weight is 278 g/mol. The summed E-state index contributed by atoms with van der Waals surface area (Å²) in [7, 11) is 0. The van der Waals surface area contributed by atoms with Gasteiger partial charge in [0, 0.05) is 12.1 Å². The normalized spacial score (nSPS) is 23.6. The highest BCUT2D eigenvalue weighted by Gasteiger charge is 2.34. The third-order valence-electron chi connectivity index (χ3n) is 3.97. The lowest BCUT2D eigenvalue weighted by Gasteiger charge is -2.20. The van der Waals surface area contributed by atoms with Crippen LogP contribution in [0.25, 0.3) is 0 Å². The molecule has 3 rings (SSSR count). The van der Waals surface area contributed by atoms with Crippen LogP contribution in [0.5, 0.6) is 11.5 Å². The predicted molar refractivity (Wildman–Crippen MR) is 75.5 cm³/mol. The summed E-state index contributed by atoms with van der Waals surface area (Å²) in [4.78, 5) is 5.52. The summed E-state index contributed by atoms with van der Waals surface area (Å²) in [5.74, 6) is 3.15. The fourth-order valence-corrected chi connectivity index (χ4v) is 2.65. The molecular weight excluding hydrogens is 256 g/mol. The van der Waals surface area contributed by atoms with Crippen molar-refractivity contribution >= 4 is 0 Å². The lowest BCUT2D eigenvalue weighted by atomic mass is 10.2. The van der Waals surface area contributed by atoms with Gasteiger partial charge < -0.3 is 15.2 Å². The second-order valence-corrected chi connectivity index (χ2v) is 5.40. The summed E-state index contributed by atoms with van der Waals surface area (Å²) in [6.45, 7) is 3.38. The fraction of sp³-hybridized carbons (Fsp3) is 0.600. The van der Waals surface area contributed by atoms with Gasteiger partial charge in [0.15, 0.2) is 11.5 Å². The summed E-state index contributed by atoms with van der Waals surface area (Å²) in [6, 6.07) is 5.88. The Bertz CT molecular complexity index is 453. The molecule has 0 aromatic heterocycles. The van der Waals surface area contributed by atoms with Crippen molar-refractivity contribution in [3.63, 3.8) is 0 Å². The Balaban J connectivity index is 1.40. The Morgan fingerprint density at radius 2 is 2.15 bits per heavy atom. The average Bonchev–Trinajstić information content (AvgIpc) is 3.26. The molecular formula is C15H22N2O3. The molecule has 0 radical (unpaired) electrons. The number of nitrogens with one attached hydrogen (secondary N) is 1. The zero-order valence-electron chi connectivity index (χ0n) is 11.6. The molecule has 0 spiro atoms. The quantitative estimate of drug-likeness (QED) is 0.584. The summed E-state index contributed by atoms with van der Waals surface area (Å²) in [5, 5.41) is 0. The minimum absolute atomic E-state index is 0.484. The van der Waals surface area contributed by atoms with E-state index < -0.39 is 0 Å². The third kappa shape index (κ3) is 3.23. The molecule has 2 atom stereocenters. The molecule has 1 aromatic rings. The molecule has 1 fully saturated rings. The van der Waals surface area contributed by atoms with Gasteiger partial charge in [-0.2, -0.15) is 0 Å². The van der Waals surface area contributed by atoms with Crippen LogP contribution in [0.1, 0.15) is 18.4 Å². The van der Waals surface area contributed by atoms with E-state index >= 15 is 0 Å². The van der Waals surface area contributed by atoms with Crippen molar-refractivity contribution < 1.29 is 14.3 Å². The van der Waals surface area contributed by atoms with Crippen LogP contribution in [0.15, 0.2) is 18.2 Å². The maximum Gasteiger partial charge on any atom is 0.166 e. The molecule has 110 valence electrons. The van der Waals surface area contributed by atoms with E-state index in [1.165, 1.54) is 6.42 Å². The van der Waals surface area contributed by atoms with E-state index in [9.17, 15) is 0 Å². The highest BCUT2D eigenvalue weighted by atomic mass is 16.6. The number of benzene rings is 1. The van der Waals surface area contributed by atoms with Crippen LogP contribution >= 0.6 is 0 Å². The smallest absolute Gasteiger partial charge is 0.166 e. The Morgan fingerprint density at radius 1 is 1.25 bits per heavy atom. The number of para-hydroxylation sites is 1. The SMILES string of the molecule is NCC1CC1CCNOCc1cccc2c1OCCO2. The molecule has 0 saturated heterocycles. The molecule has 2 aliphatic rings. The number of rotatable bonds is 7. The first-order valence-electron chi connectivity index (χ1n) is 7.30. The van der Waals surface area contributed by atoms with Crippen LogP contribution in [0.2, 0.25) is 0 Å². The minimum atomic E-state index is 0.484. The molecule has 5 heteroatoms. The third-order valence-corrected chi connectivity index (χ3v) is 3.97. The standard InChI is InChI=1S/C15H22N2O3/c16-9-13-8-11(13)4-5-17-20-10-12-2-1-3-14-15(12)19-7-6-18-14/h1-3,11,13,17H,4-10,16H2. The van der Waals surface area contributed by atoms with E-state index in [1.807, 2.05) is 18.2 Å². The second-order valence-electron chi connectivity index (χ2n) is 5.40. The highest BCUT2D eigenvalue weighted by molar-refractivity contribution is 5.47. The van der Waals surface area contributed by atoms with Gasteiger partial charge in [0.25, 0.3) is 0 Å². The predicted octanol–water partition coefficient (Wildman–Crippen LogP) is 1.46. The molecule has 0 bridgehead atoms. The maximum absolute atomic E-state index is 5.64. The van der Waals surface area contributed by atoms with E-state index in [0.717, 1.165) is 48.4 Å². The minimum Gasteiger partial charge on any atom is -0.486 e. The van der Waals surface area contributed by atoms with Gasteiger partial charge in [0.05, 0.1) is 6.61 Å². The summed E-state index contributed by atoms with van der Waals surface area (Å²) in [6.07, 6.45) is 2.41. The van der Waals surface area contributed by atoms with E-state index in [4.69, 9.17) is 20.0 Å². The molecule has 1 aromatic carbocycles. The lowest BCUT2D eigenvalue weighted by molar-refractivity contribution is 0.0244. The van der Waals surface area contributed by atoms with Crippen LogP contribution in [0, 0.1) is 11.8 Å². The van der Waals surface area contributed by atoms with Crippen molar-refractivity contribution in [2.45, 2.75) is 19.4 Å². The van der Waals surface area contributed by atoms with Gasteiger partial charge in [0.2, 0.25) is 0 Å². The van der Waals surface area contributed by atoms with E-state index in [2.05, 4.69) is 5.48 Å². The van der Waals surface area contributed by atoms with E-state index in [0.29, 0.717) is 19.8 Å². The number of nitrogens with two attached hydrogens (primary N) is 1. The topological polar surface area (TPSA) is 65.7 Å². The Morgan fingerprint density at radius 3 is 3.00 bits per heavy atom. The Hall–Kier alpha value is -1.30. The van der Waals surface area contributed by atoms with Crippen molar-refractivity contribution in [1.82, 2.24) is 5.48 Å². The monoisotopic (exact) mass is 278 g/mol. The molecule has 5 nitrogen and oxygen atoms in total. The van der Waals surface area contributed by atoms with Gasteiger partial charge >= 0.3 is 0 Å². The number of hydrogen-bond acceptors (Lipinski definition) is 5. The highest BCUT2D eigenvalue weighted by Crippen LogP contribution is 2.39. The maximum atomic E-state index is 5.64. The number of hydrogen-bond donors (Lipinski definition) is 2. The molecule has 3 N–H and O–H groups in total. The van der Waals surface area contributed by atoms with Crippen molar-refractivity contribution in [3.05, 3.63) is 23.8 Å². The van der Waals surface area contributed by atoms with Crippen LogP contribution < -0.4 is 20.7 Å². The van der Waals surface area contributed by atoms with Crippen molar-refractivity contribution in [3.8, 4) is 11.5 Å². The van der Waals surface area contributed by atoms with Gasteiger partial charge in [-0.1, -0.05) is 12.1 Å². The van der Waals surface area contributed by atoms with Crippen LogP contribution in [-0.4, -0.2) is 26.3 Å². The van der Waals surface area contributed by atoms with Crippen molar-refractivity contribution in [1.29, 1.82) is 0 Å². The molecule has 1 aliphatic heterocycles. The van der Waals surface area contributed by atoms with Crippen molar-refractivity contribution in [2.75, 3.05) is 26.3 Å². The molecule has 1 saturated carbocycles. The zero-order chi connectivity index (χ0) is 13.8. The molecule has 1 heterocycles. The van der Waals surface area contributed by atoms with Crippen LogP contribution in [-0.2, 0) is 11.4 Å². The number of hydroxylamine groups is 1. The van der Waals surface area contributed by atoms with Gasteiger partial charge in [0.1, 0.15) is 13.2 Å². The Kier molecular flexibility index (Phi) is 4.40. The largest absolute Gasteiger partial charge is 0.486 e. The van der Waals surface area contributed by atoms with Gasteiger partial charge in [-0.3, -0.25) is 4.84 Å². The fourth-order valence-electron chi connectivity index (χ4n) is 2.65. The van der Waals surface area contributed by atoms with Crippen LogP contribution in [0.4, 0.5) is 0 Å². The molecule has 0 amide bonds. The number of fused-ring (bicyclic) bond motifs is 1. The van der Waals surface area contributed by atoms with Crippen molar-refractivity contribution in [2.24, 2.45) is 17.6 Å². The summed E-state index contributed by atoms with van der Waals surface area (Å²) in [5.41, 5.74) is 9.65. The summed E-state index contributed by atoms with van der Waals surface area (Å²) >= 11 is 0. The first-order valence-corrected chi connectivity index (χ1v) is 7.30. The first kappa shape index (κ1) is 13.7. The molecule has 1 aliphatic carbocycles. The summed E-state index contributed by atoms with van der Waals surface area (Å²) < 4.78 is 11.2. The van der Waals surface area contributed by atoms with Gasteiger partial charge in [-0.25, -0.2) is 5.48 Å². The van der Waals surface area contributed by atoms with Gasteiger partial charge in [-0.05, 0) is 37.3 Å². The van der Waals surface area contributed by atoms with E-state index in [-0.39, 0.29) is 0 Å². The first-order chi connectivity index (χ1) is 9.88. The molecule has 20 heavy (non-hydrogen) atoms. The van der Waals surface area contributed by atoms with E-state index in [1.54, 1.807) is 0 Å². The zero-order valence-corrected chi connectivity index (χ0v) is 11.6. The van der Waals surface area contributed by atoms with Crippen LogP contribution in [0.3, 0.4) is 0 Å². The number of ether oxygens (including phenoxy) is 2. The molecule has 2 unspecified atom stereocenters. The lowest BCUT2D eigenvalue weighted by Crippen LogP contribution is -2.19. The van der Waals surface area contributed by atoms with Gasteiger partial charge in [-0.15, -0.1) is 0 Å².